The number of pyridine rings is 1. The van der Waals surface area contributed by atoms with E-state index in [4.69, 9.17) is 4.52 Å². The van der Waals surface area contributed by atoms with E-state index < -0.39 is 11.7 Å². The van der Waals surface area contributed by atoms with Crippen LogP contribution < -0.4 is 0 Å². The molecule has 0 spiro atoms. The maximum atomic E-state index is 13.5. The number of aryl methyl sites for hydroxylation is 1. The second-order valence-electron chi connectivity index (χ2n) is 6.62. The minimum absolute atomic E-state index is 0.117. The average Bonchev–Trinajstić information content (AvgIpc) is 3.29. The number of piperidine rings is 1. The fourth-order valence-electron chi connectivity index (χ4n) is 3.53. The second-order valence-corrected chi connectivity index (χ2v) is 6.62. The number of hydrogen-bond acceptors (Lipinski definition) is 5. The number of alkyl halides is 3. The number of aromatic nitrogens is 4. The van der Waals surface area contributed by atoms with Crippen LogP contribution in [0.5, 0.6) is 0 Å². The number of amides is 1. The quantitative estimate of drug-likeness (QED) is 0.738. The molecule has 1 amide bonds. The molecule has 1 saturated heterocycles. The Hall–Kier alpha value is -2.91. The van der Waals surface area contributed by atoms with Crippen LogP contribution in [-0.2, 0) is 6.18 Å². The van der Waals surface area contributed by atoms with E-state index in [0.29, 0.717) is 25.1 Å². The van der Waals surface area contributed by atoms with Gasteiger partial charge in [-0.3, -0.25) is 9.89 Å². The highest BCUT2D eigenvalue weighted by molar-refractivity contribution is 5.92. The van der Waals surface area contributed by atoms with Crippen LogP contribution in [0.2, 0.25) is 0 Å². The van der Waals surface area contributed by atoms with Crippen molar-refractivity contribution in [2.24, 2.45) is 0 Å². The number of hydrogen-bond donors (Lipinski definition) is 1. The summed E-state index contributed by atoms with van der Waals surface area (Å²) in [4.78, 5) is 18.2. The van der Waals surface area contributed by atoms with Crippen LogP contribution in [0.4, 0.5) is 13.2 Å². The number of likely N-dealkylation sites (tertiary alicyclic amines) is 1. The summed E-state index contributed by atoms with van der Waals surface area (Å²) in [7, 11) is 0. The summed E-state index contributed by atoms with van der Waals surface area (Å²) in [5.41, 5.74) is -0.189. The predicted octanol–water partition coefficient (Wildman–Crippen LogP) is 3.29. The van der Waals surface area contributed by atoms with Gasteiger partial charge in [0.15, 0.2) is 0 Å². The van der Waals surface area contributed by atoms with Gasteiger partial charge in [0.25, 0.3) is 11.6 Å². The highest BCUT2D eigenvalue weighted by atomic mass is 19.4. The minimum Gasteiger partial charge on any atom is -0.337 e. The molecule has 4 heterocycles. The third kappa shape index (κ3) is 3.15. The molecule has 1 aliphatic heterocycles. The summed E-state index contributed by atoms with van der Waals surface area (Å²) in [5, 5.41) is 10.2. The molecule has 1 N–H and O–H groups in total. The van der Waals surface area contributed by atoms with Crippen LogP contribution in [-0.4, -0.2) is 44.2 Å². The molecule has 0 radical (unpaired) electrons. The number of H-pyrrole nitrogens is 1. The van der Waals surface area contributed by atoms with Gasteiger partial charge in [-0.15, -0.1) is 0 Å². The molecule has 3 aromatic rings. The zero-order chi connectivity index (χ0) is 19.2. The Morgan fingerprint density at radius 3 is 2.93 bits per heavy atom. The van der Waals surface area contributed by atoms with E-state index in [1.54, 1.807) is 11.0 Å². The Morgan fingerprint density at radius 1 is 1.41 bits per heavy atom. The largest absolute Gasteiger partial charge is 0.417 e. The van der Waals surface area contributed by atoms with Crippen molar-refractivity contribution >= 4 is 17.0 Å². The van der Waals surface area contributed by atoms with Crippen LogP contribution >= 0.6 is 0 Å². The maximum Gasteiger partial charge on any atom is 0.417 e. The van der Waals surface area contributed by atoms with Crippen LogP contribution in [0, 0.1) is 6.92 Å². The number of carbonyl (C=O) groups excluding carboxylic acids is 1. The van der Waals surface area contributed by atoms with Gasteiger partial charge >= 0.3 is 6.18 Å². The Morgan fingerprint density at radius 2 is 2.22 bits per heavy atom. The topological polar surface area (TPSA) is 87.9 Å². The minimum atomic E-state index is -4.55. The molecule has 0 unspecified atom stereocenters. The molecule has 27 heavy (non-hydrogen) atoms. The van der Waals surface area contributed by atoms with Gasteiger partial charge in [-0.2, -0.15) is 18.3 Å². The van der Waals surface area contributed by atoms with E-state index in [1.165, 1.54) is 13.1 Å². The lowest BCUT2D eigenvalue weighted by molar-refractivity contribution is -0.136. The fourth-order valence-corrected chi connectivity index (χ4v) is 3.53. The van der Waals surface area contributed by atoms with Gasteiger partial charge in [0.1, 0.15) is 5.69 Å². The van der Waals surface area contributed by atoms with E-state index in [9.17, 15) is 18.0 Å². The van der Waals surface area contributed by atoms with E-state index in [-0.39, 0.29) is 40.9 Å². The highest BCUT2D eigenvalue weighted by Gasteiger charge is 2.38. The SMILES string of the molecule is Cc1cc(C(F)(F)F)c2c([C@H]3CCCN(C(=O)c4ccn[nH]4)C3)noc2n1. The van der Waals surface area contributed by atoms with Crippen LogP contribution in [0.15, 0.2) is 22.9 Å². The number of nitrogens with zero attached hydrogens (tertiary/aromatic N) is 4. The zero-order valence-corrected chi connectivity index (χ0v) is 14.4. The maximum absolute atomic E-state index is 13.5. The Bertz CT molecular complexity index is 981. The molecule has 10 heteroatoms. The van der Waals surface area contributed by atoms with Crippen LogP contribution in [0.3, 0.4) is 0 Å². The first-order valence-corrected chi connectivity index (χ1v) is 8.47. The average molecular weight is 379 g/mol. The molecule has 1 atom stereocenters. The summed E-state index contributed by atoms with van der Waals surface area (Å²) in [6.45, 7) is 2.25. The normalized spacial score (nSPS) is 18.2. The molecule has 0 saturated carbocycles. The smallest absolute Gasteiger partial charge is 0.337 e. The Kier molecular flexibility index (Phi) is 4.12. The Balaban J connectivity index is 1.71. The highest BCUT2D eigenvalue weighted by Crippen LogP contribution is 2.40. The first-order chi connectivity index (χ1) is 12.8. The number of fused-ring (bicyclic) bond motifs is 1. The molecule has 0 aromatic carbocycles. The molecule has 142 valence electrons. The van der Waals surface area contributed by atoms with Crippen molar-refractivity contribution in [1.82, 2.24) is 25.2 Å². The lowest BCUT2D eigenvalue weighted by Gasteiger charge is -2.31. The summed E-state index contributed by atoms with van der Waals surface area (Å²) in [5.74, 6) is -0.604. The third-order valence-electron chi connectivity index (χ3n) is 4.73. The van der Waals surface area contributed by atoms with Crippen molar-refractivity contribution in [3.63, 3.8) is 0 Å². The van der Waals surface area contributed by atoms with Gasteiger partial charge in [-0.1, -0.05) is 5.16 Å². The number of carbonyl (C=O) groups is 1. The lowest BCUT2D eigenvalue weighted by atomic mass is 9.91. The van der Waals surface area contributed by atoms with Crippen LogP contribution in [0.1, 0.15) is 46.2 Å². The fraction of sp³-hybridized carbons (Fsp3) is 0.412. The molecular formula is C17H16F3N5O2. The molecular weight excluding hydrogens is 363 g/mol. The molecule has 3 aromatic heterocycles. The van der Waals surface area contributed by atoms with E-state index >= 15 is 0 Å². The van der Waals surface area contributed by atoms with Gasteiger partial charge in [0, 0.05) is 30.9 Å². The zero-order valence-electron chi connectivity index (χ0n) is 14.4. The monoisotopic (exact) mass is 379 g/mol. The van der Waals surface area contributed by atoms with E-state index in [0.717, 1.165) is 6.07 Å². The number of halogens is 3. The molecule has 4 rings (SSSR count). The van der Waals surface area contributed by atoms with Gasteiger partial charge in [0.2, 0.25) is 0 Å². The molecule has 7 nitrogen and oxygen atoms in total. The van der Waals surface area contributed by atoms with Gasteiger partial charge < -0.3 is 9.42 Å². The van der Waals surface area contributed by atoms with Crippen molar-refractivity contribution in [3.8, 4) is 0 Å². The molecule has 1 aliphatic rings. The van der Waals surface area contributed by atoms with Crippen molar-refractivity contribution in [3.05, 3.63) is 41.0 Å². The predicted molar refractivity (Wildman–Crippen MR) is 88.0 cm³/mol. The number of rotatable bonds is 2. The summed E-state index contributed by atoms with van der Waals surface area (Å²) >= 11 is 0. The van der Waals surface area contributed by atoms with E-state index in [1.807, 2.05) is 0 Å². The van der Waals surface area contributed by atoms with Crippen LogP contribution in [0.25, 0.3) is 11.1 Å². The van der Waals surface area contributed by atoms with Gasteiger partial charge in [0.05, 0.1) is 16.6 Å². The molecule has 0 bridgehead atoms. The van der Waals surface area contributed by atoms with Crippen molar-refractivity contribution in [1.29, 1.82) is 0 Å². The summed E-state index contributed by atoms with van der Waals surface area (Å²) in [6.07, 6.45) is -1.81. The Labute approximate surface area is 151 Å². The number of aromatic amines is 1. The summed E-state index contributed by atoms with van der Waals surface area (Å²) < 4.78 is 45.7. The third-order valence-corrected chi connectivity index (χ3v) is 4.73. The number of nitrogens with one attached hydrogen (secondary N) is 1. The van der Waals surface area contributed by atoms with Crippen molar-refractivity contribution in [2.45, 2.75) is 31.9 Å². The molecule has 1 fully saturated rings. The first kappa shape index (κ1) is 17.5. The van der Waals surface area contributed by atoms with E-state index in [2.05, 4.69) is 20.3 Å². The van der Waals surface area contributed by atoms with Gasteiger partial charge in [-0.25, -0.2) is 4.98 Å². The van der Waals surface area contributed by atoms with Crippen molar-refractivity contribution < 1.29 is 22.5 Å². The molecule has 0 aliphatic carbocycles. The summed E-state index contributed by atoms with van der Waals surface area (Å²) in [6, 6.07) is 2.56. The second kappa shape index (κ2) is 6.36. The first-order valence-electron chi connectivity index (χ1n) is 8.47. The lowest BCUT2D eigenvalue weighted by Crippen LogP contribution is -2.39. The standard InChI is InChI=1S/C17H16F3N5O2/c1-9-7-11(17(18,19)20)13-14(24-27-15(13)22-9)10-3-2-6-25(8-10)16(26)12-4-5-21-23-12/h4-5,7,10H,2-3,6,8H2,1H3,(H,21,23)/t10-/m0/s1. The van der Waals surface area contributed by atoms with Gasteiger partial charge in [-0.05, 0) is 31.9 Å². The van der Waals surface area contributed by atoms with Crippen molar-refractivity contribution in [2.75, 3.05) is 13.1 Å².